The molecule has 0 aliphatic rings. The molecule has 0 heterocycles. The molecule has 0 spiro atoms. The number of aromatic hydroxyl groups is 2. The number of unbranched alkanes of at least 4 members (excludes halogenated alkanes) is 1. The summed E-state index contributed by atoms with van der Waals surface area (Å²) in [7, 11) is 0. The van der Waals surface area contributed by atoms with Crippen molar-refractivity contribution in [3.8, 4) is 11.5 Å². The Hall–Kier alpha value is -1.41. The van der Waals surface area contributed by atoms with Crippen molar-refractivity contribution in [2.75, 3.05) is 5.88 Å². The Balaban J connectivity index is 2.27. The van der Waals surface area contributed by atoms with Gasteiger partial charge in [-0.1, -0.05) is 18.2 Å². The molecule has 2 aromatic rings. The van der Waals surface area contributed by atoms with Gasteiger partial charge in [0.15, 0.2) is 11.5 Å². The van der Waals surface area contributed by atoms with Crippen molar-refractivity contribution in [1.29, 1.82) is 0 Å². The van der Waals surface area contributed by atoms with Gasteiger partial charge in [-0.3, -0.25) is 0 Å². The van der Waals surface area contributed by atoms with Crippen LogP contribution in [0.2, 0.25) is 0 Å². The number of hydrogen-bond acceptors (Lipinski definition) is 2. The number of phenolic OH excluding ortho intramolecular Hbond substituents is 2. The van der Waals surface area contributed by atoms with Crippen LogP contribution in [-0.4, -0.2) is 16.1 Å². The van der Waals surface area contributed by atoms with Gasteiger partial charge >= 0.3 is 0 Å². The number of rotatable bonds is 4. The van der Waals surface area contributed by atoms with E-state index in [1.165, 1.54) is 5.56 Å². The molecule has 0 aromatic heterocycles. The molecular formula is C14H15ClO2. The zero-order valence-corrected chi connectivity index (χ0v) is 10.2. The van der Waals surface area contributed by atoms with Crippen molar-refractivity contribution >= 4 is 22.4 Å². The third-order valence-electron chi connectivity index (χ3n) is 2.85. The van der Waals surface area contributed by atoms with Crippen LogP contribution in [0.25, 0.3) is 10.8 Å². The van der Waals surface area contributed by atoms with Crippen LogP contribution in [0.4, 0.5) is 0 Å². The summed E-state index contributed by atoms with van der Waals surface area (Å²) in [5, 5.41) is 20.7. The number of aryl methyl sites for hydroxylation is 1. The standard InChI is InChI=1S/C14H15ClO2/c15-6-2-1-3-10-4-5-11-8-13(16)14(17)9-12(11)7-10/h4-5,7-9,16-17H,1-3,6H2. The lowest BCUT2D eigenvalue weighted by atomic mass is 10.0. The summed E-state index contributed by atoms with van der Waals surface area (Å²) >= 11 is 5.64. The average molecular weight is 251 g/mol. The van der Waals surface area contributed by atoms with Crippen LogP contribution in [0.1, 0.15) is 18.4 Å². The molecule has 2 nitrogen and oxygen atoms in total. The van der Waals surface area contributed by atoms with Crippen molar-refractivity contribution in [3.63, 3.8) is 0 Å². The van der Waals surface area contributed by atoms with Gasteiger partial charge in [0.1, 0.15) is 0 Å². The largest absolute Gasteiger partial charge is 0.504 e. The number of halogens is 1. The van der Waals surface area contributed by atoms with Crippen LogP contribution >= 0.6 is 11.6 Å². The van der Waals surface area contributed by atoms with E-state index >= 15 is 0 Å². The topological polar surface area (TPSA) is 40.5 Å². The molecule has 3 heteroatoms. The molecule has 0 aliphatic heterocycles. The van der Waals surface area contributed by atoms with Gasteiger partial charge in [0.25, 0.3) is 0 Å². The van der Waals surface area contributed by atoms with Crippen LogP contribution < -0.4 is 0 Å². The first kappa shape index (κ1) is 12.1. The van der Waals surface area contributed by atoms with Gasteiger partial charge in [-0.2, -0.15) is 0 Å². The number of benzene rings is 2. The zero-order chi connectivity index (χ0) is 12.3. The maximum absolute atomic E-state index is 9.45. The highest BCUT2D eigenvalue weighted by Crippen LogP contribution is 2.30. The Morgan fingerprint density at radius 2 is 1.59 bits per heavy atom. The van der Waals surface area contributed by atoms with Crippen molar-refractivity contribution in [2.24, 2.45) is 0 Å². The molecule has 2 aromatic carbocycles. The molecule has 2 rings (SSSR count). The van der Waals surface area contributed by atoms with E-state index in [1.54, 1.807) is 12.1 Å². The third-order valence-corrected chi connectivity index (χ3v) is 3.11. The molecule has 0 aliphatic carbocycles. The molecule has 0 saturated heterocycles. The van der Waals surface area contributed by atoms with Gasteiger partial charge in [-0.05, 0) is 47.7 Å². The predicted octanol–water partition coefficient (Wildman–Crippen LogP) is 3.81. The van der Waals surface area contributed by atoms with Crippen molar-refractivity contribution < 1.29 is 10.2 Å². The first-order valence-electron chi connectivity index (χ1n) is 5.71. The minimum absolute atomic E-state index is 0.0737. The molecule has 2 N–H and O–H groups in total. The molecule has 90 valence electrons. The Labute approximate surface area is 105 Å². The molecule has 0 atom stereocenters. The van der Waals surface area contributed by atoms with Gasteiger partial charge in [0, 0.05) is 5.88 Å². The maximum atomic E-state index is 9.45. The predicted molar refractivity (Wildman–Crippen MR) is 70.9 cm³/mol. The highest BCUT2D eigenvalue weighted by molar-refractivity contribution is 6.17. The third kappa shape index (κ3) is 2.83. The first-order chi connectivity index (χ1) is 8.20. The number of fused-ring (bicyclic) bond motifs is 1. The van der Waals surface area contributed by atoms with Crippen molar-refractivity contribution in [1.82, 2.24) is 0 Å². The highest BCUT2D eigenvalue weighted by Gasteiger charge is 2.03. The molecule has 0 unspecified atom stereocenters. The van der Waals surface area contributed by atoms with Crippen molar-refractivity contribution in [3.05, 3.63) is 35.9 Å². The molecule has 0 saturated carbocycles. The molecule has 0 amide bonds. The zero-order valence-electron chi connectivity index (χ0n) is 9.49. The van der Waals surface area contributed by atoms with E-state index < -0.39 is 0 Å². The lowest BCUT2D eigenvalue weighted by Crippen LogP contribution is -1.86. The Kier molecular flexibility index (Phi) is 3.75. The average Bonchev–Trinajstić information content (AvgIpc) is 2.31. The van der Waals surface area contributed by atoms with Crippen LogP contribution in [0.3, 0.4) is 0 Å². The number of hydrogen-bond donors (Lipinski definition) is 2. The summed E-state index contributed by atoms with van der Waals surface area (Å²) in [4.78, 5) is 0. The van der Waals surface area contributed by atoms with Crippen LogP contribution in [0.15, 0.2) is 30.3 Å². The minimum Gasteiger partial charge on any atom is -0.504 e. The van der Waals surface area contributed by atoms with Gasteiger partial charge in [0.2, 0.25) is 0 Å². The van der Waals surface area contributed by atoms with Crippen LogP contribution in [-0.2, 0) is 6.42 Å². The SMILES string of the molecule is Oc1cc2ccc(CCCCCl)cc2cc1O. The Morgan fingerprint density at radius 1 is 0.882 bits per heavy atom. The first-order valence-corrected chi connectivity index (χ1v) is 6.25. The fourth-order valence-electron chi connectivity index (χ4n) is 1.90. The van der Waals surface area contributed by atoms with E-state index in [4.69, 9.17) is 11.6 Å². The molecular weight excluding hydrogens is 236 g/mol. The molecule has 0 bridgehead atoms. The molecule has 0 radical (unpaired) electrons. The van der Waals surface area contributed by atoms with Gasteiger partial charge in [-0.25, -0.2) is 0 Å². The van der Waals surface area contributed by atoms with E-state index in [9.17, 15) is 10.2 Å². The van der Waals surface area contributed by atoms with E-state index in [0.29, 0.717) is 5.88 Å². The summed E-state index contributed by atoms with van der Waals surface area (Å²) < 4.78 is 0. The quantitative estimate of drug-likeness (QED) is 0.492. The van der Waals surface area contributed by atoms with Gasteiger partial charge in [-0.15, -0.1) is 11.6 Å². The van der Waals surface area contributed by atoms with Gasteiger partial charge in [0.05, 0.1) is 0 Å². The van der Waals surface area contributed by atoms with Gasteiger partial charge < -0.3 is 10.2 Å². The summed E-state index contributed by atoms with van der Waals surface area (Å²) in [6.45, 7) is 0. The summed E-state index contributed by atoms with van der Waals surface area (Å²) in [6.07, 6.45) is 3.07. The van der Waals surface area contributed by atoms with Crippen molar-refractivity contribution in [2.45, 2.75) is 19.3 Å². The lowest BCUT2D eigenvalue weighted by molar-refractivity contribution is 0.405. The fraction of sp³-hybridized carbons (Fsp3) is 0.286. The monoisotopic (exact) mass is 250 g/mol. The van der Waals surface area contributed by atoms with Crippen LogP contribution in [0, 0.1) is 0 Å². The lowest BCUT2D eigenvalue weighted by Gasteiger charge is -2.05. The highest BCUT2D eigenvalue weighted by atomic mass is 35.5. The van der Waals surface area contributed by atoms with E-state index in [2.05, 4.69) is 0 Å². The normalized spacial score (nSPS) is 10.9. The minimum atomic E-state index is -0.0765. The van der Waals surface area contributed by atoms with E-state index in [1.807, 2.05) is 18.2 Å². The Morgan fingerprint density at radius 3 is 2.29 bits per heavy atom. The second-order valence-corrected chi connectivity index (χ2v) is 4.55. The fourth-order valence-corrected chi connectivity index (χ4v) is 2.09. The second kappa shape index (κ2) is 5.28. The summed E-state index contributed by atoms with van der Waals surface area (Å²) in [5.41, 5.74) is 1.23. The second-order valence-electron chi connectivity index (χ2n) is 4.17. The summed E-state index contributed by atoms with van der Waals surface area (Å²) in [6, 6.07) is 9.23. The Bertz CT molecular complexity index is 523. The molecule has 0 fully saturated rings. The smallest absolute Gasteiger partial charge is 0.158 e. The maximum Gasteiger partial charge on any atom is 0.158 e. The van der Waals surface area contributed by atoms with Crippen LogP contribution in [0.5, 0.6) is 11.5 Å². The number of alkyl halides is 1. The summed E-state index contributed by atoms with van der Waals surface area (Å²) in [5.74, 6) is 0.546. The molecule has 17 heavy (non-hydrogen) atoms. The van der Waals surface area contributed by atoms with E-state index in [-0.39, 0.29) is 11.5 Å². The van der Waals surface area contributed by atoms with E-state index in [0.717, 1.165) is 30.0 Å². The number of phenols is 2.